The first-order chi connectivity index (χ1) is 12.8. The van der Waals surface area contributed by atoms with Gasteiger partial charge in [0.05, 0.1) is 17.1 Å². The summed E-state index contributed by atoms with van der Waals surface area (Å²) in [6.45, 7) is 3.73. The van der Waals surface area contributed by atoms with Crippen LogP contribution in [0.3, 0.4) is 0 Å². The van der Waals surface area contributed by atoms with Crippen molar-refractivity contribution in [3.05, 3.63) is 29.3 Å². The Kier molecular flexibility index (Phi) is 5.71. The molecule has 2 aliphatic heterocycles. The Morgan fingerprint density at radius 1 is 1.22 bits per heavy atom. The highest BCUT2D eigenvalue weighted by Crippen LogP contribution is 2.20. The maximum Gasteiger partial charge on any atom is 0.340 e. The van der Waals surface area contributed by atoms with Gasteiger partial charge in [-0.05, 0) is 25.0 Å². The number of nitrogen functional groups attached to an aromatic ring is 1. The summed E-state index contributed by atoms with van der Waals surface area (Å²) in [7, 11) is -2.92. The molecule has 0 spiro atoms. The molecule has 2 N–H and O–H groups in total. The van der Waals surface area contributed by atoms with Gasteiger partial charge in [0.2, 0.25) is 0 Å². The second-order valence-electron chi connectivity index (χ2n) is 7.09. The molecule has 148 valence electrons. The minimum atomic E-state index is -2.92. The number of hydrogen-bond acceptors (Lipinski definition) is 7. The number of nitrogens with two attached hydrogens (primary N) is 1. The molecule has 0 aliphatic carbocycles. The maximum absolute atomic E-state index is 12.3. The van der Waals surface area contributed by atoms with Crippen molar-refractivity contribution in [1.82, 2.24) is 9.80 Å². The molecule has 27 heavy (non-hydrogen) atoms. The van der Waals surface area contributed by atoms with Crippen molar-refractivity contribution < 1.29 is 22.7 Å². The Bertz CT molecular complexity index is 831. The molecule has 0 aromatic heterocycles. The van der Waals surface area contributed by atoms with E-state index in [1.807, 2.05) is 0 Å². The number of ether oxygens (including phenoxy) is 1. The lowest BCUT2D eigenvalue weighted by atomic mass is 10.1. The zero-order valence-electron chi connectivity index (χ0n) is 15.4. The Morgan fingerprint density at radius 2 is 1.93 bits per heavy atom. The van der Waals surface area contributed by atoms with E-state index in [1.165, 1.54) is 0 Å². The number of sulfone groups is 1. The molecule has 0 saturated carbocycles. The Balaban J connectivity index is 1.47. The summed E-state index contributed by atoms with van der Waals surface area (Å²) in [5, 5.41) is 0. The molecule has 9 heteroatoms. The number of hydrogen-bond donors (Lipinski definition) is 1. The van der Waals surface area contributed by atoms with Gasteiger partial charge in [0, 0.05) is 37.9 Å². The highest BCUT2D eigenvalue weighted by atomic mass is 32.2. The molecule has 2 saturated heterocycles. The van der Waals surface area contributed by atoms with E-state index in [-0.39, 0.29) is 35.6 Å². The van der Waals surface area contributed by atoms with Gasteiger partial charge in [-0.25, -0.2) is 13.2 Å². The van der Waals surface area contributed by atoms with Gasteiger partial charge in [-0.2, -0.15) is 0 Å². The molecule has 0 radical (unpaired) electrons. The van der Waals surface area contributed by atoms with E-state index in [4.69, 9.17) is 10.5 Å². The summed E-state index contributed by atoms with van der Waals surface area (Å²) >= 11 is 0. The number of carbonyl (C=O) groups excluding carboxylic acids is 2. The summed E-state index contributed by atoms with van der Waals surface area (Å²) in [6.07, 6.45) is 0.659. The predicted octanol–water partition coefficient (Wildman–Crippen LogP) is 0.0653. The molecule has 3 rings (SSSR count). The van der Waals surface area contributed by atoms with Gasteiger partial charge in [0.1, 0.15) is 0 Å². The van der Waals surface area contributed by atoms with Crippen LogP contribution in [0.4, 0.5) is 5.69 Å². The van der Waals surface area contributed by atoms with Crippen molar-refractivity contribution in [2.75, 3.05) is 50.0 Å². The highest BCUT2D eigenvalue weighted by Gasteiger charge is 2.34. The van der Waals surface area contributed by atoms with E-state index in [0.717, 1.165) is 5.56 Å². The molecule has 1 atom stereocenters. The van der Waals surface area contributed by atoms with Crippen molar-refractivity contribution in [2.45, 2.75) is 19.4 Å². The summed E-state index contributed by atoms with van der Waals surface area (Å²) in [5.74, 6) is -0.418. The van der Waals surface area contributed by atoms with E-state index >= 15 is 0 Å². The quantitative estimate of drug-likeness (QED) is 0.567. The standard InChI is InChI=1S/C18H25N3O5S/c1-13-3-2-4-15(17(13)19)18(23)26-11-16(22)21-8-6-20(7-9-21)14-5-10-27(24,25)12-14/h2-4,14H,5-12,19H2,1H3. The van der Waals surface area contributed by atoms with Gasteiger partial charge in [-0.15, -0.1) is 0 Å². The van der Waals surface area contributed by atoms with Crippen LogP contribution in [0.2, 0.25) is 0 Å². The average Bonchev–Trinajstić information content (AvgIpc) is 3.01. The molecule has 0 bridgehead atoms. The third kappa shape index (κ3) is 4.59. The topological polar surface area (TPSA) is 110 Å². The number of esters is 1. The van der Waals surface area contributed by atoms with Crippen LogP contribution in [-0.4, -0.2) is 80.4 Å². The van der Waals surface area contributed by atoms with E-state index in [1.54, 1.807) is 30.0 Å². The van der Waals surface area contributed by atoms with Crippen LogP contribution < -0.4 is 5.73 Å². The van der Waals surface area contributed by atoms with E-state index in [9.17, 15) is 18.0 Å². The monoisotopic (exact) mass is 395 g/mol. The number of amides is 1. The number of piperazine rings is 1. The number of aryl methyl sites for hydroxylation is 1. The first-order valence-corrected chi connectivity index (χ1v) is 10.8. The first-order valence-electron chi connectivity index (χ1n) is 9.01. The second kappa shape index (κ2) is 7.85. The number of benzene rings is 1. The van der Waals surface area contributed by atoms with Gasteiger partial charge in [0.15, 0.2) is 16.4 Å². The third-order valence-corrected chi connectivity index (χ3v) is 7.01. The minimum absolute atomic E-state index is 0.0503. The third-order valence-electron chi connectivity index (χ3n) is 5.26. The summed E-state index contributed by atoms with van der Waals surface area (Å²) in [6, 6.07) is 5.14. The van der Waals surface area contributed by atoms with Gasteiger partial charge < -0.3 is 15.4 Å². The first kappa shape index (κ1) is 19.6. The molecule has 8 nitrogen and oxygen atoms in total. The lowest BCUT2D eigenvalue weighted by Crippen LogP contribution is -2.53. The molecule has 1 amide bonds. The van der Waals surface area contributed by atoms with Gasteiger partial charge in [-0.1, -0.05) is 12.1 Å². The maximum atomic E-state index is 12.3. The molecule has 1 aromatic rings. The lowest BCUT2D eigenvalue weighted by molar-refractivity contribution is -0.136. The summed E-state index contributed by atoms with van der Waals surface area (Å²) < 4.78 is 28.4. The number of para-hydroxylation sites is 1. The Labute approximate surface area is 159 Å². The minimum Gasteiger partial charge on any atom is -0.452 e. The SMILES string of the molecule is Cc1cccc(C(=O)OCC(=O)N2CCN(C3CCS(=O)(=O)C3)CC2)c1N. The van der Waals surface area contributed by atoms with Crippen molar-refractivity contribution in [2.24, 2.45) is 0 Å². The van der Waals surface area contributed by atoms with Crippen LogP contribution in [0, 0.1) is 6.92 Å². The molecule has 2 aliphatic rings. The molecule has 2 heterocycles. The number of anilines is 1. The van der Waals surface area contributed by atoms with Crippen molar-refractivity contribution in [3.8, 4) is 0 Å². The van der Waals surface area contributed by atoms with Gasteiger partial charge in [0.25, 0.3) is 5.91 Å². The molecule has 1 unspecified atom stereocenters. The van der Waals surface area contributed by atoms with Crippen LogP contribution in [-0.2, 0) is 19.4 Å². The van der Waals surface area contributed by atoms with Crippen molar-refractivity contribution in [1.29, 1.82) is 0 Å². The number of carbonyl (C=O) groups is 2. The second-order valence-corrected chi connectivity index (χ2v) is 9.31. The zero-order valence-corrected chi connectivity index (χ0v) is 16.2. The Morgan fingerprint density at radius 3 is 2.56 bits per heavy atom. The normalized spacial score (nSPS) is 22.6. The fourth-order valence-corrected chi connectivity index (χ4v) is 5.32. The van der Waals surface area contributed by atoms with Crippen LogP contribution >= 0.6 is 0 Å². The molecular weight excluding hydrogens is 370 g/mol. The van der Waals surface area contributed by atoms with Crippen LogP contribution in [0.25, 0.3) is 0 Å². The van der Waals surface area contributed by atoms with Crippen molar-refractivity contribution in [3.63, 3.8) is 0 Å². The predicted molar refractivity (Wildman–Crippen MR) is 101 cm³/mol. The molecular formula is C18H25N3O5S. The fourth-order valence-electron chi connectivity index (χ4n) is 3.55. The van der Waals surface area contributed by atoms with Gasteiger partial charge >= 0.3 is 5.97 Å². The zero-order chi connectivity index (χ0) is 19.6. The van der Waals surface area contributed by atoms with Crippen LogP contribution in [0.15, 0.2) is 18.2 Å². The van der Waals surface area contributed by atoms with Gasteiger partial charge in [-0.3, -0.25) is 9.69 Å². The van der Waals surface area contributed by atoms with Crippen molar-refractivity contribution >= 4 is 27.4 Å². The Hall–Kier alpha value is -2.13. The average molecular weight is 395 g/mol. The van der Waals surface area contributed by atoms with E-state index in [0.29, 0.717) is 38.3 Å². The summed E-state index contributed by atoms with van der Waals surface area (Å²) in [4.78, 5) is 28.3. The molecule has 2 fully saturated rings. The fraction of sp³-hybridized carbons (Fsp3) is 0.556. The van der Waals surface area contributed by atoms with Crippen LogP contribution in [0.5, 0.6) is 0 Å². The number of rotatable bonds is 4. The number of nitrogens with zero attached hydrogens (tertiary/aromatic N) is 2. The van der Waals surface area contributed by atoms with E-state index in [2.05, 4.69) is 4.90 Å². The smallest absolute Gasteiger partial charge is 0.340 e. The largest absolute Gasteiger partial charge is 0.452 e. The highest BCUT2D eigenvalue weighted by molar-refractivity contribution is 7.91. The van der Waals surface area contributed by atoms with Crippen LogP contribution in [0.1, 0.15) is 22.3 Å². The molecule has 1 aromatic carbocycles. The lowest BCUT2D eigenvalue weighted by Gasteiger charge is -2.37. The summed E-state index contributed by atoms with van der Waals surface area (Å²) in [5.41, 5.74) is 7.28. The van der Waals surface area contributed by atoms with E-state index < -0.39 is 15.8 Å².